The van der Waals surface area contributed by atoms with E-state index >= 15 is 0 Å². The van der Waals surface area contributed by atoms with E-state index in [0.29, 0.717) is 16.7 Å². The van der Waals surface area contributed by atoms with E-state index in [9.17, 15) is 14.4 Å². The highest BCUT2D eigenvalue weighted by Gasteiger charge is 2.33. The average molecular weight is 381 g/mol. The van der Waals surface area contributed by atoms with Crippen molar-refractivity contribution in [3.05, 3.63) is 89.1 Å². The molecule has 1 aromatic heterocycles. The van der Waals surface area contributed by atoms with Crippen molar-refractivity contribution in [2.75, 3.05) is 0 Å². The van der Waals surface area contributed by atoms with Gasteiger partial charge < -0.3 is 9.73 Å². The molecule has 1 amide bonds. The second kappa shape index (κ2) is 6.27. The summed E-state index contributed by atoms with van der Waals surface area (Å²) in [6, 6.07) is 19.7. The smallest absolute Gasteiger partial charge is 0.221 e. The number of hydrogen-bond donors (Lipinski definition) is 1. The molecule has 0 bridgehead atoms. The number of furan rings is 1. The predicted octanol–water partition coefficient (Wildman–Crippen LogP) is 4.51. The SMILES string of the molecule is CC(=O)NC1=C(c2ccc3c(c2)oc2ccccc23)C(=O)c2ccccc2C1=O. The van der Waals surface area contributed by atoms with Crippen molar-refractivity contribution in [3.63, 3.8) is 0 Å². The number of fused-ring (bicyclic) bond motifs is 4. The molecule has 1 aliphatic rings. The number of benzene rings is 3. The molecule has 0 fully saturated rings. The zero-order chi connectivity index (χ0) is 20.1. The number of para-hydroxylation sites is 1. The summed E-state index contributed by atoms with van der Waals surface area (Å²) >= 11 is 0. The summed E-state index contributed by atoms with van der Waals surface area (Å²) in [7, 11) is 0. The summed E-state index contributed by atoms with van der Waals surface area (Å²) in [5.41, 5.74) is 2.65. The molecule has 1 N–H and O–H groups in total. The minimum absolute atomic E-state index is 0.00309. The van der Waals surface area contributed by atoms with Crippen LogP contribution in [0.1, 0.15) is 33.2 Å². The lowest BCUT2D eigenvalue weighted by atomic mass is 9.84. The lowest BCUT2D eigenvalue weighted by molar-refractivity contribution is -0.118. The van der Waals surface area contributed by atoms with E-state index in [0.717, 1.165) is 16.4 Å². The zero-order valence-electron chi connectivity index (χ0n) is 15.5. The number of carbonyl (C=O) groups excluding carboxylic acids is 3. The fourth-order valence-electron chi connectivity index (χ4n) is 3.83. The van der Waals surface area contributed by atoms with Gasteiger partial charge in [-0.25, -0.2) is 0 Å². The summed E-state index contributed by atoms with van der Waals surface area (Å²) in [5.74, 6) is -1.10. The third kappa shape index (κ3) is 2.59. The van der Waals surface area contributed by atoms with Crippen LogP contribution in [0.5, 0.6) is 0 Å². The highest BCUT2D eigenvalue weighted by atomic mass is 16.3. The van der Waals surface area contributed by atoms with E-state index in [-0.39, 0.29) is 28.4 Å². The number of carbonyl (C=O) groups is 3. The first-order chi connectivity index (χ1) is 14.0. The van der Waals surface area contributed by atoms with Gasteiger partial charge in [-0.15, -0.1) is 0 Å². The fourth-order valence-corrected chi connectivity index (χ4v) is 3.83. The minimum atomic E-state index is -0.414. The Labute approximate surface area is 165 Å². The van der Waals surface area contributed by atoms with Crippen LogP contribution in [0.2, 0.25) is 0 Å². The van der Waals surface area contributed by atoms with Gasteiger partial charge in [0.15, 0.2) is 5.78 Å². The normalized spacial score (nSPS) is 13.8. The van der Waals surface area contributed by atoms with Crippen molar-refractivity contribution in [3.8, 4) is 0 Å². The summed E-state index contributed by atoms with van der Waals surface area (Å²) in [5, 5.41) is 4.46. The number of nitrogens with one attached hydrogen (secondary N) is 1. The topological polar surface area (TPSA) is 76.4 Å². The van der Waals surface area contributed by atoms with Gasteiger partial charge in [0.25, 0.3) is 0 Å². The third-order valence-corrected chi connectivity index (χ3v) is 5.09. The van der Waals surface area contributed by atoms with Gasteiger partial charge in [0.1, 0.15) is 16.9 Å². The van der Waals surface area contributed by atoms with E-state index in [1.54, 1.807) is 36.4 Å². The van der Waals surface area contributed by atoms with Crippen LogP contribution in [-0.4, -0.2) is 17.5 Å². The largest absolute Gasteiger partial charge is 0.456 e. The van der Waals surface area contributed by atoms with E-state index in [1.165, 1.54) is 6.92 Å². The van der Waals surface area contributed by atoms with Crippen molar-refractivity contribution in [1.29, 1.82) is 0 Å². The second-order valence-corrected chi connectivity index (χ2v) is 6.94. The molecule has 140 valence electrons. The lowest BCUT2D eigenvalue weighted by Gasteiger charge is -2.21. The molecule has 4 aromatic rings. The standard InChI is InChI=1S/C24H15NO4/c1-13(26)25-22-21(23(27)17-7-2-3-8-18(17)24(22)28)14-10-11-16-15-6-4-5-9-19(15)29-20(16)12-14/h2-12H,1H3,(H,25,26). The molecule has 0 radical (unpaired) electrons. The van der Waals surface area contributed by atoms with Crippen LogP contribution < -0.4 is 5.32 Å². The second-order valence-electron chi connectivity index (χ2n) is 6.94. The van der Waals surface area contributed by atoms with Crippen molar-refractivity contribution < 1.29 is 18.8 Å². The first-order valence-corrected chi connectivity index (χ1v) is 9.16. The molecule has 1 aliphatic carbocycles. The summed E-state index contributed by atoms with van der Waals surface area (Å²) in [6.07, 6.45) is 0. The highest BCUT2D eigenvalue weighted by Crippen LogP contribution is 2.35. The van der Waals surface area contributed by atoms with Gasteiger partial charge in [0.2, 0.25) is 11.7 Å². The maximum Gasteiger partial charge on any atom is 0.221 e. The van der Waals surface area contributed by atoms with E-state index in [2.05, 4.69) is 5.32 Å². The van der Waals surface area contributed by atoms with Crippen LogP contribution in [0.4, 0.5) is 0 Å². The van der Waals surface area contributed by atoms with E-state index in [4.69, 9.17) is 4.42 Å². The number of ketones is 2. The molecule has 0 unspecified atom stereocenters. The quantitative estimate of drug-likeness (QED) is 0.554. The van der Waals surface area contributed by atoms with Gasteiger partial charge in [-0.3, -0.25) is 14.4 Å². The Morgan fingerprint density at radius 3 is 2.21 bits per heavy atom. The highest BCUT2D eigenvalue weighted by molar-refractivity contribution is 6.41. The van der Waals surface area contributed by atoms with Crippen LogP contribution in [0.25, 0.3) is 27.5 Å². The Morgan fingerprint density at radius 1 is 0.793 bits per heavy atom. The predicted molar refractivity (Wildman–Crippen MR) is 110 cm³/mol. The number of Topliss-reactive ketones (excluding diaryl/α,β-unsaturated/α-hetero) is 2. The molecule has 0 saturated carbocycles. The van der Waals surface area contributed by atoms with Gasteiger partial charge in [0.05, 0.1) is 5.57 Å². The molecular weight excluding hydrogens is 366 g/mol. The Morgan fingerprint density at radius 2 is 1.45 bits per heavy atom. The molecule has 0 atom stereocenters. The fraction of sp³-hybridized carbons (Fsp3) is 0.0417. The summed E-state index contributed by atoms with van der Waals surface area (Å²) in [6.45, 7) is 1.31. The minimum Gasteiger partial charge on any atom is -0.456 e. The Bertz CT molecular complexity index is 1390. The molecule has 0 saturated heterocycles. The maximum absolute atomic E-state index is 13.3. The molecule has 0 aliphatic heterocycles. The first kappa shape index (κ1) is 17.1. The Balaban J connectivity index is 1.76. The van der Waals surface area contributed by atoms with E-state index in [1.807, 2.05) is 30.3 Å². The summed E-state index contributed by atoms with van der Waals surface area (Å²) < 4.78 is 5.93. The van der Waals surface area contributed by atoms with Crippen molar-refractivity contribution in [2.45, 2.75) is 6.92 Å². The molecular formula is C24H15NO4. The molecule has 5 rings (SSSR count). The number of allylic oxidation sites excluding steroid dienone is 2. The van der Waals surface area contributed by atoms with Crippen LogP contribution in [0.15, 0.2) is 76.8 Å². The van der Waals surface area contributed by atoms with Gasteiger partial charge >= 0.3 is 0 Å². The van der Waals surface area contributed by atoms with Gasteiger partial charge in [-0.2, -0.15) is 0 Å². The monoisotopic (exact) mass is 381 g/mol. The molecule has 29 heavy (non-hydrogen) atoms. The number of rotatable bonds is 2. The van der Waals surface area contributed by atoms with Gasteiger partial charge in [0, 0.05) is 28.8 Å². The van der Waals surface area contributed by atoms with Gasteiger partial charge in [-0.1, -0.05) is 48.5 Å². The van der Waals surface area contributed by atoms with Crippen molar-refractivity contribution >= 4 is 45.0 Å². The summed E-state index contributed by atoms with van der Waals surface area (Å²) in [4.78, 5) is 38.1. The Hall–Kier alpha value is -3.99. The zero-order valence-corrected chi connectivity index (χ0v) is 15.5. The Kier molecular flexibility index (Phi) is 3.71. The third-order valence-electron chi connectivity index (χ3n) is 5.09. The maximum atomic E-state index is 13.3. The average Bonchev–Trinajstić information content (AvgIpc) is 3.09. The van der Waals surface area contributed by atoms with Crippen molar-refractivity contribution in [2.24, 2.45) is 0 Å². The molecule has 1 heterocycles. The van der Waals surface area contributed by atoms with Crippen molar-refractivity contribution in [1.82, 2.24) is 5.32 Å². The van der Waals surface area contributed by atoms with Crippen LogP contribution in [0.3, 0.4) is 0 Å². The van der Waals surface area contributed by atoms with Crippen LogP contribution in [0, 0.1) is 0 Å². The van der Waals surface area contributed by atoms with E-state index < -0.39 is 5.91 Å². The molecule has 5 heteroatoms. The molecule has 3 aromatic carbocycles. The first-order valence-electron chi connectivity index (χ1n) is 9.16. The molecule has 0 spiro atoms. The number of amides is 1. The van der Waals surface area contributed by atoms with Crippen LogP contribution >= 0.6 is 0 Å². The van der Waals surface area contributed by atoms with Gasteiger partial charge in [-0.05, 0) is 23.8 Å². The number of hydrogen-bond acceptors (Lipinski definition) is 4. The lowest BCUT2D eigenvalue weighted by Crippen LogP contribution is -2.32. The molecule has 5 nitrogen and oxygen atoms in total. The van der Waals surface area contributed by atoms with Crippen LogP contribution in [-0.2, 0) is 4.79 Å².